The van der Waals surface area contributed by atoms with E-state index in [4.69, 9.17) is 0 Å². The molecule has 0 N–H and O–H groups in total. The van der Waals surface area contributed by atoms with Crippen molar-refractivity contribution in [2.24, 2.45) is 5.92 Å². The third-order valence-electron chi connectivity index (χ3n) is 3.75. The molecule has 3 heteroatoms. The summed E-state index contributed by atoms with van der Waals surface area (Å²) in [6.45, 7) is 2.18. The van der Waals surface area contributed by atoms with E-state index < -0.39 is 0 Å². The van der Waals surface area contributed by atoms with Gasteiger partial charge in [-0.2, -0.15) is 0 Å². The number of halogens is 2. The zero-order valence-corrected chi connectivity index (χ0v) is 13.1. The number of allylic oxidation sites excluding steroid dienone is 3. The molecule has 0 bridgehead atoms. The van der Waals surface area contributed by atoms with Crippen molar-refractivity contribution in [1.29, 1.82) is 0 Å². The van der Waals surface area contributed by atoms with Crippen LogP contribution in [0.2, 0.25) is 0 Å². The van der Waals surface area contributed by atoms with Crippen molar-refractivity contribution in [3.8, 4) is 0 Å². The van der Waals surface area contributed by atoms with Crippen LogP contribution in [0.15, 0.2) is 82.6 Å². The highest BCUT2D eigenvalue weighted by Crippen LogP contribution is 2.34. The fourth-order valence-corrected chi connectivity index (χ4v) is 5.13. The summed E-state index contributed by atoms with van der Waals surface area (Å²) in [6.07, 6.45) is 8.48. The van der Waals surface area contributed by atoms with Gasteiger partial charge in [-0.15, -0.1) is 0 Å². The van der Waals surface area contributed by atoms with Crippen LogP contribution in [0.5, 0.6) is 0 Å². The summed E-state index contributed by atoms with van der Waals surface area (Å²) in [4.78, 5) is 2.15. The summed E-state index contributed by atoms with van der Waals surface area (Å²) in [7, 11) is -0.256. The van der Waals surface area contributed by atoms with Gasteiger partial charge in [0.05, 0.1) is 10.9 Å². The Morgan fingerprint density at radius 3 is 1.64 bits per heavy atom. The van der Waals surface area contributed by atoms with Crippen molar-refractivity contribution in [3.63, 3.8) is 0 Å². The van der Waals surface area contributed by atoms with Crippen molar-refractivity contribution >= 4 is 10.9 Å². The molecule has 1 aliphatic rings. The van der Waals surface area contributed by atoms with E-state index in [1.54, 1.807) is 0 Å². The molecule has 2 unspecified atom stereocenters. The molecular weight excluding hydrogens is 298 g/mol. The second kappa shape index (κ2) is 6.49. The van der Waals surface area contributed by atoms with Gasteiger partial charge >= 0.3 is 0 Å². The highest BCUT2D eigenvalue weighted by Gasteiger charge is 2.37. The fourth-order valence-electron chi connectivity index (χ4n) is 2.60. The lowest BCUT2D eigenvalue weighted by Gasteiger charge is -2.21. The van der Waals surface area contributed by atoms with Gasteiger partial charge in [-0.05, 0) is 54.6 Å². The van der Waals surface area contributed by atoms with E-state index in [0.29, 0.717) is 11.2 Å². The predicted molar refractivity (Wildman–Crippen MR) is 87.9 cm³/mol. The van der Waals surface area contributed by atoms with Crippen LogP contribution in [0.3, 0.4) is 0 Å². The second-order valence-corrected chi connectivity index (χ2v) is 7.50. The summed E-state index contributed by atoms with van der Waals surface area (Å²) >= 11 is 0. The molecule has 0 aromatic heterocycles. The van der Waals surface area contributed by atoms with Crippen molar-refractivity contribution in [2.75, 3.05) is 0 Å². The molecule has 112 valence electrons. The minimum absolute atomic E-state index is 0.237. The van der Waals surface area contributed by atoms with Crippen molar-refractivity contribution < 1.29 is 8.78 Å². The van der Waals surface area contributed by atoms with Crippen LogP contribution in [0.1, 0.15) is 6.92 Å². The first-order valence-corrected chi connectivity index (χ1v) is 8.53. The van der Waals surface area contributed by atoms with E-state index in [0.717, 1.165) is 9.79 Å². The van der Waals surface area contributed by atoms with E-state index in [1.165, 1.54) is 24.3 Å². The quantitative estimate of drug-likeness (QED) is 0.689. The van der Waals surface area contributed by atoms with Gasteiger partial charge in [-0.25, -0.2) is 8.78 Å². The zero-order chi connectivity index (χ0) is 15.5. The Bertz CT molecular complexity index is 641. The van der Waals surface area contributed by atoms with Crippen LogP contribution in [0, 0.1) is 17.6 Å². The Hall–Kier alpha value is -1.87. The number of hydrogen-bond acceptors (Lipinski definition) is 0. The topological polar surface area (TPSA) is 0 Å². The van der Waals surface area contributed by atoms with E-state index in [-0.39, 0.29) is 22.5 Å². The molecule has 0 radical (unpaired) electrons. The van der Waals surface area contributed by atoms with E-state index in [9.17, 15) is 8.78 Å². The van der Waals surface area contributed by atoms with Gasteiger partial charge in [0.2, 0.25) is 0 Å². The van der Waals surface area contributed by atoms with Crippen molar-refractivity contribution in [2.45, 2.75) is 22.0 Å². The maximum absolute atomic E-state index is 13.3. The number of benzene rings is 2. The van der Waals surface area contributed by atoms with Crippen LogP contribution < -0.4 is 0 Å². The Balaban J connectivity index is 2.05. The lowest BCUT2D eigenvalue weighted by atomic mass is 10.0. The molecule has 2 aromatic rings. The van der Waals surface area contributed by atoms with E-state index in [1.807, 2.05) is 24.3 Å². The van der Waals surface area contributed by atoms with E-state index in [2.05, 4.69) is 31.2 Å². The normalized spacial score (nSPS) is 20.5. The summed E-state index contributed by atoms with van der Waals surface area (Å²) in [5, 5.41) is 0.293. The molecule has 2 atom stereocenters. The monoisotopic (exact) mass is 315 g/mol. The molecule has 0 spiro atoms. The molecule has 0 amide bonds. The summed E-state index contributed by atoms with van der Waals surface area (Å²) in [6, 6.07) is 13.3. The Kier molecular flexibility index (Phi) is 4.44. The number of hydrogen-bond donors (Lipinski definition) is 0. The van der Waals surface area contributed by atoms with E-state index >= 15 is 0 Å². The minimum Gasteiger partial charge on any atom is -0.207 e. The van der Waals surface area contributed by atoms with Crippen LogP contribution in [0.4, 0.5) is 8.78 Å². The van der Waals surface area contributed by atoms with Gasteiger partial charge in [0.25, 0.3) is 0 Å². The van der Waals surface area contributed by atoms with Crippen LogP contribution in [-0.2, 0) is 10.9 Å². The largest absolute Gasteiger partial charge is 0.207 e. The van der Waals surface area contributed by atoms with Gasteiger partial charge in [-0.1, -0.05) is 25.2 Å². The second-order valence-electron chi connectivity index (χ2n) is 5.34. The maximum Gasteiger partial charge on any atom is 0.161 e. The maximum atomic E-state index is 13.3. The molecule has 0 heterocycles. The molecular formula is C19H17F2S+. The van der Waals surface area contributed by atoms with Gasteiger partial charge in [0, 0.05) is 5.92 Å². The smallest absolute Gasteiger partial charge is 0.161 e. The molecule has 2 aromatic carbocycles. The number of rotatable bonds is 3. The molecule has 0 nitrogen and oxygen atoms in total. The zero-order valence-electron chi connectivity index (χ0n) is 12.2. The van der Waals surface area contributed by atoms with Crippen LogP contribution >= 0.6 is 0 Å². The summed E-state index contributed by atoms with van der Waals surface area (Å²) in [5.74, 6) is -0.0967. The highest BCUT2D eigenvalue weighted by molar-refractivity contribution is 7.97. The Morgan fingerprint density at radius 1 is 0.727 bits per heavy atom. The van der Waals surface area contributed by atoms with Gasteiger partial charge < -0.3 is 0 Å². The summed E-state index contributed by atoms with van der Waals surface area (Å²) < 4.78 is 26.5. The molecule has 0 aliphatic heterocycles. The average Bonchev–Trinajstić information content (AvgIpc) is 2.53. The highest BCUT2D eigenvalue weighted by atomic mass is 32.2. The first-order valence-electron chi connectivity index (χ1n) is 7.24. The first kappa shape index (κ1) is 15.0. The third-order valence-corrected chi connectivity index (χ3v) is 6.44. The Morgan fingerprint density at radius 2 is 1.18 bits per heavy atom. The minimum atomic E-state index is -0.256. The first-order chi connectivity index (χ1) is 10.6. The molecule has 22 heavy (non-hydrogen) atoms. The summed E-state index contributed by atoms with van der Waals surface area (Å²) in [5.41, 5.74) is 0. The van der Waals surface area contributed by atoms with Crippen LogP contribution in [0.25, 0.3) is 0 Å². The Labute approximate surface area is 132 Å². The van der Waals surface area contributed by atoms with Gasteiger partial charge in [0.1, 0.15) is 11.6 Å². The standard InChI is InChI=1S/C19H17F2S/c1-14-4-2-3-5-19(14)22(17-10-6-15(20)7-11-17)18-12-8-16(21)9-13-18/h2-14,19H,1H3/q+1. The molecule has 0 saturated carbocycles. The molecule has 0 fully saturated rings. The van der Waals surface area contributed by atoms with Crippen LogP contribution in [-0.4, -0.2) is 5.25 Å². The van der Waals surface area contributed by atoms with Crippen molar-refractivity contribution in [1.82, 2.24) is 0 Å². The fraction of sp³-hybridized carbons (Fsp3) is 0.158. The average molecular weight is 315 g/mol. The SMILES string of the molecule is CC1C=CC=CC1[S+](c1ccc(F)cc1)c1ccc(F)cc1. The van der Waals surface area contributed by atoms with Crippen molar-refractivity contribution in [3.05, 3.63) is 84.5 Å². The predicted octanol–water partition coefficient (Wildman–Crippen LogP) is 5.13. The van der Waals surface area contributed by atoms with Gasteiger partial charge in [-0.3, -0.25) is 0 Å². The van der Waals surface area contributed by atoms with Gasteiger partial charge in [0.15, 0.2) is 15.0 Å². The lowest BCUT2D eigenvalue weighted by Crippen LogP contribution is -2.27. The molecule has 0 saturated heterocycles. The molecule has 1 aliphatic carbocycles. The third kappa shape index (κ3) is 3.14. The lowest BCUT2D eigenvalue weighted by molar-refractivity contribution is 0.626. The molecule has 3 rings (SSSR count).